The van der Waals surface area contributed by atoms with Crippen LogP contribution in [0.5, 0.6) is 11.5 Å². The molecule has 20 heavy (non-hydrogen) atoms. The number of ether oxygens (including phenoxy) is 2. The van der Waals surface area contributed by atoms with E-state index in [0.717, 1.165) is 5.57 Å². The Hall–Kier alpha value is -2.01. The first-order chi connectivity index (χ1) is 9.47. The van der Waals surface area contributed by atoms with Gasteiger partial charge in [0, 0.05) is 6.54 Å². The number of amides is 1. The van der Waals surface area contributed by atoms with Crippen LogP contribution in [0.25, 0.3) is 0 Å². The van der Waals surface area contributed by atoms with Crippen LogP contribution in [0.4, 0.5) is 5.69 Å². The van der Waals surface area contributed by atoms with E-state index in [2.05, 4.69) is 6.58 Å². The lowest BCUT2D eigenvalue weighted by molar-refractivity contribution is -0.125. The van der Waals surface area contributed by atoms with Crippen molar-refractivity contribution in [1.29, 1.82) is 0 Å². The molecule has 0 radical (unpaired) electrons. The van der Waals surface area contributed by atoms with Gasteiger partial charge in [-0.1, -0.05) is 12.2 Å². The van der Waals surface area contributed by atoms with E-state index in [9.17, 15) is 9.90 Å². The molecule has 0 fully saturated rings. The molecule has 0 saturated heterocycles. The van der Waals surface area contributed by atoms with Crippen LogP contribution in [0.1, 0.15) is 19.4 Å². The highest BCUT2D eigenvalue weighted by Gasteiger charge is 2.33. The van der Waals surface area contributed by atoms with Gasteiger partial charge in [-0.05, 0) is 31.5 Å². The molecule has 1 unspecified atom stereocenters. The molecule has 0 spiro atoms. The van der Waals surface area contributed by atoms with Gasteiger partial charge in [-0.25, -0.2) is 0 Å². The van der Waals surface area contributed by atoms with Crippen LogP contribution in [-0.2, 0) is 11.4 Å². The first kappa shape index (κ1) is 14.4. The number of carbonyl (C=O) groups is 1. The number of methoxy groups -OCH3 is 1. The van der Waals surface area contributed by atoms with Crippen LogP contribution in [0.15, 0.2) is 24.3 Å². The maximum Gasteiger partial charge on any atom is 0.268 e. The lowest BCUT2D eigenvalue weighted by atomic mass is 10.1. The summed E-state index contributed by atoms with van der Waals surface area (Å²) < 4.78 is 10.9. The maximum atomic E-state index is 12.3. The van der Waals surface area contributed by atoms with Gasteiger partial charge in [-0.3, -0.25) is 4.79 Å². The molecule has 0 saturated carbocycles. The second kappa shape index (κ2) is 5.54. The van der Waals surface area contributed by atoms with Crippen molar-refractivity contribution in [1.82, 2.24) is 0 Å². The molecule has 0 aromatic heterocycles. The van der Waals surface area contributed by atoms with Crippen molar-refractivity contribution in [2.75, 3.05) is 18.6 Å². The second-order valence-corrected chi connectivity index (χ2v) is 4.95. The van der Waals surface area contributed by atoms with Gasteiger partial charge in [-0.2, -0.15) is 0 Å². The Morgan fingerprint density at radius 1 is 1.55 bits per heavy atom. The maximum absolute atomic E-state index is 12.3. The number of fused-ring (bicyclic) bond motifs is 1. The van der Waals surface area contributed by atoms with Crippen molar-refractivity contribution in [2.45, 2.75) is 26.6 Å². The Balaban J connectivity index is 2.58. The van der Waals surface area contributed by atoms with Gasteiger partial charge in [0.1, 0.15) is 0 Å². The van der Waals surface area contributed by atoms with E-state index in [0.29, 0.717) is 29.3 Å². The van der Waals surface area contributed by atoms with Gasteiger partial charge in [-0.15, -0.1) is 0 Å². The number of benzene rings is 1. The zero-order chi connectivity index (χ0) is 14.9. The van der Waals surface area contributed by atoms with Crippen LogP contribution >= 0.6 is 0 Å². The molecule has 1 aliphatic heterocycles. The van der Waals surface area contributed by atoms with E-state index >= 15 is 0 Å². The first-order valence-corrected chi connectivity index (χ1v) is 6.42. The highest BCUT2D eigenvalue weighted by Crippen LogP contribution is 2.43. The molecule has 1 atom stereocenters. The monoisotopic (exact) mass is 277 g/mol. The minimum absolute atomic E-state index is 0.127. The molecule has 108 valence electrons. The fraction of sp³-hybridized carbons (Fsp3) is 0.400. The molecule has 1 aromatic carbocycles. The number of hydrogen-bond acceptors (Lipinski definition) is 4. The minimum atomic E-state index is -0.573. The standard InChI is InChI=1S/C15H19NO4/c1-9(2)7-16-12-5-11(8-17)6-13(19-4)14(12)20-10(3)15(16)18/h5-6,10,17H,1,7-8H2,2-4H3. The highest BCUT2D eigenvalue weighted by atomic mass is 16.5. The molecule has 0 bridgehead atoms. The summed E-state index contributed by atoms with van der Waals surface area (Å²) in [6.45, 7) is 7.70. The van der Waals surface area contributed by atoms with Crippen LogP contribution in [0.3, 0.4) is 0 Å². The lowest BCUT2D eigenvalue weighted by Gasteiger charge is -2.34. The molecule has 1 amide bonds. The topological polar surface area (TPSA) is 59.0 Å². The zero-order valence-electron chi connectivity index (χ0n) is 12.0. The SMILES string of the molecule is C=C(C)CN1C(=O)C(C)Oc2c(OC)cc(CO)cc21. The Bertz CT molecular complexity index is 553. The van der Waals surface area contributed by atoms with Gasteiger partial charge < -0.3 is 19.5 Å². The van der Waals surface area contributed by atoms with Crippen LogP contribution in [0.2, 0.25) is 0 Å². The molecule has 5 heteroatoms. The Morgan fingerprint density at radius 3 is 2.80 bits per heavy atom. The largest absolute Gasteiger partial charge is 0.493 e. The Morgan fingerprint density at radius 2 is 2.25 bits per heavy atom. The summed E-state index contributed by atoms with van der Waals surface area (Å²) in [7, 11) is 1.53. The number of anilines is 1. The number of hydrogen-bond donors (Lipinski definition) is 1. The number of rotatable bonds is 4. The van der Waals surface area contributed by atoms with Crippen molar-refractivity contribution in [3.63, 3.8) is 0 Å². The fourth-order valence-electron chi connectivity index (χ4n) is 2.20. The van der Waals surface area contributed by atoms with Crippen molar-refractivity contribution >= 4 is 11.6 Å². The third kappa shape index (κ3) is 2.49. The van der Waals surface area contributed by atoms with Crippen LogP contribution in [0, 0.1) is 0 Å². The number of aliphatic hydroxyl groups excluding tert-OH is 1. The zero-order valence-corrected chi connectivity index (χ0v) is 12.0. The molecule has 2 rings (SSSR count). The third-order valence-corrected chi connectivity index (χ3v) is 3.12. The van der Waals surface area contributed by atoms with Gasteiger partial charge in [0.15, 0.2) is 17.6 Å². The average molecular weight is 277 g/mol. The molecule has 1 aliphatic rings. The van der Waals surface area contributed by atoms with Crippen LogP contribution < -0.4 is 14.4 Å². The summed E-state index contributed by atoms with van der Waals surface area (Å²) in [5, 5.41) is 9.33. The molecular formula is C15H19NO4. The van der Waals surface area contributed by atoms with Gasteiger partial charge in [0.2, 0.25) is 0 Å². The summed E-state index contributed by atoms with van der Waals surface area (Å²) >= 11 is 0. The number of carbonyl (C=O) groups excluding carboxylic acids is 1. The molecular weight excluding hydrogens is 258 g/mol. The smallest absolute Gasteiger partial charge is 0.268 e. The first-order valence-electron chi connectivity index (χ1n) is 6.42. The summed E-state index contributed by atoms with van der Waals surface area (Å²) in [5.41, 5.74) is 2.14. The average Bonchev–Trinajstić information content (AvgIpc) is 2.42. The van der Waals surface area contributed by atoms with E-state index in [1.54, 1.807) is 24.0 Å². The van der Waals surface area contributed by atoms with E-state index in [4.69, 9.17) is 9.47 Å². The summed E-state index contributed by atoms with van der Waals surface area (Å²) in [6.07, 6.45) is -0.573. The van der Waals surface area contributed by atoms with E-state index < -0.39 is 6.10 Å². The van der Waals surface area contributed by atoms with Crippen molar-refractivity contribution < 1.29 is 19.4 Å². The Kier molecular flexibility index (Phi) is 3.99. The van der Waals surface area contributed by atoms with E-state index in [-0.39, 0.29) is 12.5 Å². The van der Waals surface area contributed by atoms with Gasteiger partial charge >= 0.3 is 0 Å². The second-order valence-electron chi connectivity index (χ2n) is 4.95. The molecule has 0 aliphatic carbocycles. The molecule has 1 N–H and O–H groups in total. The lowest BCUT2D eigenvalue weighted by Crippen LogP contribution is -2.45. The summed E-state index contributed by atoms with van der Waals surface area (Å²) in [5.74, 6) is 0.910. The van der Waals surface area contributed by atoms with Crippen molar-refractivity contribution in [2.24, 2.45) is 0 Å². The molecule has 5 nitrogen and oxygen atoms in total. The molecule has 1 heterocycles. The minimum Gasteiger partial charge on any atom is -0.493 e. The van der Waals surface area contributed by atoms with Gasteiger partial charge in [0.05, 0.1) is 19.4 Å². The van der Waals surface area contributed by atoms with Crippen molar-refractivity contribution in [3.8, 4) is 11.5 Å². The van der Waals surface area contributed by atoms with E-state index in [1.165, 1.54) is 7.11 Å². The van der Waals surface area contributed by atoms with Gasteiger partial charge in [0.25, 0.3) is 5.91 Å². The van der Waals surface area contributed by atoms with Crippen molar-refractivity contribution in [3.05, 3.63) is 29.8 Å². The normalized spacial score (nSPS) is 17.5. The number of nitrogens with zero attached hydrogens (tertiary/aromatic N) is 1. The Labute approximate surface area is 118 Å². The quantitative estimate of drug-likeness (QED) is 0.854. The third-order valence-electron chi connectivity index (χ3n) is 3.12. The van der Waals surface area contributed by atoms with Crippen LogP contribution in [-0.4, -0.2) is 30.8 Å². The molecule has 1 aromatic rings. The number of aliphatic hydroxyl groups is 1. The summed E-state index contributed by atoms with van der Waals surface area (Å²) in [6, 6.07) is 3.45. The predicted octanol–water partition coefficient (Wildman–Crippen LogP) is 1.88. The predicted molar refractivity (Wildman–Crippen MR) is 76.2 cm³/mol. The fourth-order valence-corrected chi connectivity index (χ4v) is 2.20. The summed E-state index contributed by atoms with van der Waals surface area (Å²) in [4.78, 5) is 13.9. The highest BCUT2D eigenvalue weighted by molar-refractivity contribution is 6.00. The van der Waals surface area contributed by atoms with E-state index in [1.807, 2.05) is 6.92 Å².